The van der Waals surface area contributed by atoms with Gasteiger partial charge in [-0.1, -0.05) is 0 Å². The van der Waals surface area contributed by atoms with Crippen LogP contribution in [0.15, 0.2) is 0 Å². The van der Waals surface area contributed by atoms with Gasteiger partial charge < -0.3 is 35.7 Å². The first-order chi connectivity index (χ1) is 8.42. The first-order valence-corrected chi connectivity index (χ1v) is 5.78. The third-order valence-electron chi connectivity index (χ3n) is 3.27. The number of piperidine rings is 1. The molecule has 0 amide bonds. The molecule has 8 nitrogen and oxygen atoms in total. The number of aliphatic hydroxyl groups excluding tert-OH is 7. The summed E-state index contributed by atoms with van der Waals surface area (Å²) in [5, 5.41) is 65.3. The second kappa shape index (κ2) is 6.73. The highest BCUT2D eigenvalue weighted by Crippen LogP contribution is 2.19. The molecule has 1 saturated heterocycles. The largest absolute Gasteiger partial charge is 0.395 e. The van der Waals surface area contributed by atoms with Crippen molar-refractivity contribution in [3.05, 3.63) is 0 Å². The molecule has 0 saturated carbocycles. The maximum atomic E-state index is 9.68. The van der Waals surface area contributed by atoms with Crippen molar-refractivity contribution in [2.24, 2.45) is 0 Å². The van der Waals surface area contributed by atoms with E-state index >= 15 is 0 Å². The van der Waals surface area contributed by atoms with Gasteiger partial charge in [-0.15, -0.1) is 0 Å². The quantitative estimate of drug-likeness (QED) is 0.264. The van der Waals surface area contributed by atoms with Crippen LogP contribution in [0.25, 0.3) is 0 Å². The van der Waals surface area contributed by atoms with Crippen LogP contribution < -0.4 is 0 Å². The summed E-state index contributed by atoms with van der Waals surface area (Å²) in [5.41, 5.74) is 0. The minimum atomic E-state index is -1.36. The van der Waals surface area contributed by atoms with Crippen molar-refractivity contribution in [3.8, 4) is 0 Å². The number of hydrogen-bond acceptors (Lipinski definition) is 8. The standard InChI is InChI=1S/C10H21NO7/c12-3-5-9(17)10(18)7(15)2-11(5)1-6(14)8(16)4-13/h5-10,12-18H,1-4H2/t5-,6-,7+,8+,9-,10-/m1/s1. The van der Waals surface area contributed by atoms with E-state index in [-0.39, 0.29) is 13.1 Å². The number of rotatable bonds is 5. The minimum absolute atomic E-state index is 0.0569. The van der Waals surface area contributed by atoms with E-state index in [1.807, 2.05) is 0 Å². The van der Waals surface area contributed by atoms with Crippen LogP contribution >= 0.6 is 0 Å². The zero-order valence-electron chi connectivity index (χ0n) is 9.87. The van der Waals surface area contributed by atoms with Gasteiger partial charge in [-0.25, -0.2) is 0 Å². The highest BCUT2D eigenvalue weighted by molar-refractivity contribution is 4.95. The fourth-order valence-corrected chi connectivity index (χ4v) is 2.07. The summed E-state index contributed by atoms with van der Waals surface area (Å²) in [6.45, 7) is -1.29. The molecule has 0 aromatic carbocycles. The third-order valence-corrected chi connectivity index (χ3v) is 3.27. The average molecular weight is 267 g/mol. The second-order valence-corrected chi connectivity index (χ2v) is 4.57. The Morgan fingerprint density at radius 2 is 1.61 bits per heavy atom. The minimum Gasteiger partial charge on any atom is -0.395 e. The van der Waals surface area contributed by atoms with E-state index in [1.54, 1.807) is 0 Å². The number of β-amino-alcohol motifs (C(OH)–C–C–N with tert-alkyl or cyclic N) is 2. The van der Waals surface area contributed by atoms with E-state index in [1.165, 1.54) is 4.90 Å². The molecule has 18 heavy (non-hydrogen) atoms. The molecule has 1 aliphatic rings. The molecule has 1 aliphatic heterocycles. The highest BCUT2D eigenvalue weighted by Gasteiger charge is 2.41. The van der Waals surface area contributed by atoms with Crippen molar-refractivity contribution in [2.75, 3.05) is 26.3 Å². The van der Waals surface area contributed by atoms with Gasteiger partial charge in [-0.3, -0.25) is 4.90 Å². The number of aliphatic hydroxyl groups is 7. The Bertz CT molecular complexity index is 254. The predicted octanol–water partition coefficient (Wildman–Crippen LogP) is -4.54. The van der Waals surface area contributed by atoms with Gasteiger partial charge in [0, 0.05) is 13.1 Å². The summed E-state index contributed by atoms with van der Waals surface area (Å²) in [5.74, 6) is 0. The van der Waals surface area contributed by atoms with E-state index in [0.717, 1.165) is 0 Å². The Balaban J connectivity index is 2.67. The third kappa shape index (κ3) is 3.37. The van der Waals surface area contributed by atoms with Gasteiger partial charge in [0.25, 0.3) is 0 Å². The SMILES string of the molecule is OC[C@@H]1[C@@H](O)[C@H](O)[C@@H](O)CN1C[C@@H](O)[C@@H](O)CO. The van der Waals surface area contributed by atoms with Crippen LogP contribution in [-0.2, 0) is 0 Å². The normalized spacial score (nSPS) is 37.5. The molecular formula is C10H21NO7. The molecule has 6 atom stereocenters. The number of likely N-dealkylation sites (tertiary alicyclic amines) is 1. The second-order valence-electron chi connectivity index (χ2n) is 4.57. The van der Waals surface area contributed by atoms with Crippen LogP contribution in [0.1, 0.15) is 0 Å². The summed E-state index contributed by atoms with van der Waals surface area (Å²) < 4.78 is 0. The Labute approximate surface area is 104 Å². The zero-order chi connectivity index (χ0) is 13.9. The van der Waals surface area contributed by atoms with Crippen molar-refractivity contribution in [1.82, 2.24) is 4.90 Å². The van der Waals surface area contributed by atoms with Crippen molar-refractivity contribution in [3.63, 3.8) is 0 Å². The van der Waals surface area contributed by atoms with Gasteiger partial charge in [0.2, 0.25) is 0 Å². The first-order valence-electron chi connectivity index (χ1n) is 5.78. The van der Waals surface area contributed by atoms with Gasteiger partial charge in [-0.05, 0) is 0 Å². The van der Waals surface area contributed by atoms with Gasteiger partial charge in [-0.2, -0.15) is 0 Å². The fraction of sp³-hybridized carbons (Fsp3) is 1.00. The van der Waals surface area contributed by atoms with Crippen LogP contribution in [0.3, 0.4) is 0 Å². The molecule has 1 heterocycles. The lowest BCUT2D eigenvalue weighted by Crippen LogP contribution is -2.64. The zero-order valence-corrected chi connectivity index (χ0v) is 9.87. The molecule has 0 aromatic rings. The van der Waals surface area contributed by atoms with Crippen LogP contribution in [0.4, 0.5) is 0 Å². The fourth-order valence-electron chi connectivity index (χ4n) is 2.07. The first kappa shape index (κ1) is 15.7. The van der Waals surface area contributed by atoms with Crippen LogP contribution in [0.2, 0.25) is 0 Å². The molecule has 1 fully saturated rings. The predicted molar refractivity (Wildman–Crippen MR) is 59.6 cm³/mol. The van der Waals surface area contributed by atoms with Crippen LogP contribution in [0.5, 0.6) is 0 Å². The summed E-state index contributed by atoms with van der Waals surface area (Å²) in [6.07, 6.45) is -6.54. The molecular weight excluding hydrogens is 246 g/mol. The lowest BCUT2D eigenvalue weighted by atomic mass is 9.93. The number of hydrogen-bond donors (Lipinski definition) is 7. The van der Waals surface area contributed by atoms with E-state index in [9.17, 15) is 25.5 Å². The molecule has 0 aliphatic carbocycles. The van der Waals surface area contributed by atoms with Crippen molar-refractivity contribution >= 4 is 0 Å². The van der Waals surface area contributed by atoms with Crippen molar-refractivity contribution in [2.45, 2.75) is 36.6 Å². The Morgan fingerprint density at radius 3 is 2.11 bits per heavy atom. The number of nitrogens with zero attached hydrogens (tertiary/aromatic N) is 1. The van der Waals surface area contributed by atoms with E-state index in [4.69, 9.17) is 10.2 Å². The van der Waals surface area contributed by atoms with E-state index in [0.29, 0.717) is 0 Å². The molecule has 0 spiro atoms. The molecule has 1 rings (SSSR count). The maximum Gasteiger partial charge on any atom is 0.109 e. The lowest BCUT2D eigenvalue weighted by molar-refractivity contribution is -0.154. The highest BCUT2D eigenvalue weighted by atomic mass is 16.4. The maximum absolute atomic E-state index is 9.68. The summed E-state index contributed by atoms with van der Waals surface area (Å²) >= 11 is 0. The van der Waals surface area contributed by atoms with Gasteiger partial charge in [0.1, 0.15) is 18.3 Å². The summed E-state index contributed by atoms with van der Waals surface area (Å²) in [4.78, 5) is 1.37. The Kier molecular flexibility index (Phi) is 5.89. The summed E-state index contributed by atoms with van der Waals surface area (Å²) in [7, 11) is 0. The molecule has 0 unspecified atom stereocenters. The van der Waals surface area contributed by atoms with E-state index in [2.05, 4.69) is 0 Å². The molecule has 0 bridgehead atoms. The van der Waals surface area contributed by atoms with E-state index < -0.39 is 49.8 Å². The van der Waals surface area contributed by atoms with Gasteiger partial charge in [0.15, 0.2) is 0 Å². The topological polar surface area (TPSA) is 145 Å². The monoisotopic (exact) mass is 267 g/mol. The van der Waals surface area contributed by atoms with Crippen molar-refractivity contribution in [1.29, 1.82) is 0 Å². The Hall–Kier alpha value is -0.320. The smallest absolute Gasteiger partial charge is 0.109 e. The molecule has 108 valence electrons. The average Bonchev–Trinajstić information content (AvgIpc) is 2.35. The van der Waals surface area contributed by atoms with Crippen molar-refractivity contribution < 1.29 is 35.7 Å². The molecule has 8 heteroatoms. The van der Waals surface area contributed by atoms with Gasteiger partial charge >= 0.3 is 0 Å². The Morgan fingerprint density at radius 1 is 1.00 bits per heavy atom. The lowest BCUT2D eigenvalue weighted by Gasteiger charge is -2.44. The van der Waals surface area contributed by atoms with Gasteiger partial charge in [0.05, 0.1) is 31.5 Å². The molecule has 0 radical (unpaired) electrons. The summed E-state index contributed by atoms with van der Waals surface area (Å²) in [6, 6.07) is -0.844. The molecule has 0 aromatic heterocycles. The van der Waals surface area contributed by atoms with Crippen LogP contribution in [-0.4, -0.2) is 104 Å². The molecule has 7 N–H and O–H groups in total. The van der Waals surface area contributed by atoms with Crippen LogP contribution in [0, 0.1) is 0 Å².